The van der Waals surface area contributed by atoms with Crippen LogP contribution in [0.25, 0.3) is 0 Å². The monoisotopic (exact) mass is 522 g/mol. The SMILES string of the molecule is CC1(C)C(=O)N(c2cccnc2)C2=CC=CC(c3cnc(C(F)(F)F)c(C(=O)Nc4ccc(F)cc4)c3)C21. The Labute approximate surface area is 215 Å². The second kappa shape index (κ2) is 9.20. The summed E-state index contributed by atoms with van der Waals surface area (Å²) < 4.78 is 54.7. The lowest BCUT2D eigenvalue weighted by Gasteiger charge is -2.32. The van der Waals surface area contributed by atoms with Gasteiger partial charge in [-0.05, 0) is 54.1 Å². The minimum atomic E-state index is -4.89. The number of pyridine rings is 2. The third kappa shape index (κ3) is 4.36. The first-order chi connectivity index (χ1) is 18.0. The van der Waals surface area contributed by atoms with Crippen LogP contribution in [0.15, 0.2) is 85.0 Å². The van der Waals surface area contributed by atoms with Crippen LogP contribution in [0.3, 0.4) is 0 Å². The van der Waals surface area contributed by atoms with Crippen LogP contribution in [-0.2, 0) is 11.0 Å². The van der Waals surface area contributed by atoms with E-state index in [1.165, 1.54) is 18.2 Å². The second-order valence-corrected chi connectivity index (χ2v) is 9.68. The van der Waals surface area contributed by atoms with Crippen molar-refractivity contribution in [3.8, 4) is 0 Å². The van der Waals surface area contributed by atoms with Crippen molar-refractivity contribution in [3.63, 3.8) is 0 Å². The number of aromatic nitrogens is 2. The van der Waals surface area contributed by atoms with E-state index in [1.807, 2.05) is 0 Å². The topological polar surface area (TPSA) is 75.2 Å². The van der Waals surface area contributed by atoms with Gasteiger partial charge in [0.25, 0.3) is 5.91 Å². The van der Waals surface area contributed by atoms with E-state index >= 15 is 0 Å². The van der Waals surface area contributed by atoms with Gasteiger partial charge in [0.1, 0.15) is 5.82 Å². The number of halogens is 4. The van der Waals surface area contributed by atoms with Gasteiger partial charge < -0.3 is 5.32 Å². The molecular weight excluding hydrogens is 500 g/mol. The van der Waals surface area contributed by atoms with Gasteiger partial charge in [-0.1, -0.05) is 26.0 Å². The lowest BCUT2D eigenvalue weighted by molar-refractivity contribution is -0.141. The van der Waals surface area contributed by atoms with Gasteiger partial charge in [-0.2, -0.15) is 13.2 Å². The number of fused-ring (bicyclic) bond motifs is 1. The third-order valence-corrected chi connectivity index (χ3v) is 6.87. The normalized spacial score (nSPS) is 20.2. The largest absolute Gasteiger partial charge is 0.434 e. The quantitative estimate of drug-likeness (QED) is 0.420. The maximum Gasteiger partial charge on any atom is 0.434 e. The summed E-state index contributed by atoms with van der Waals surface area (Å²) in [6, 6.07) is 9.31. The average Bonchev–Trinajstić information content (AvgIpc) is 3.10. The Hall–Kier alpha value is -4.34. The summed E-state index contributed by atoms with van der Waals surface area (Å²) in [6.07, 6.45) is 4.72. The summed E-state index contributed by atoms with van der Waals surface area (Å²) in [6.45, 7) is 3.58. The molecule has 1 saturated heterocycles. The first-order valence-electron chi connectivity index (χ1n) is 11.8. The van der Waals surface area contributed by atoms with Crippen LogP contribution in [0.1, 0.15) is 41.4 Å². The number of allylic oxidation sites excluding steroid dienone is 4. The predicted molar refractivity (Wildman–Crippen MR) is 133 cm³/mol. The predicted octanol–water partition coefficient (Wildman–Crippen LogP) is 6.11. The van der Waals surface area contributed by atoms with Crippen molar-refractivity contribution in [2.75, 3.05) is 10.2 Å². The molecule has 2 atom stereocenters. The van der Waals surface area contributed by atoms with E-state index in [0.29, 0.717) is 16.9 Å². The van der Waals surface area contributed by atoms with Crippen LogP contribution >= 0.6 is 0 Å². The van der Waals surface area contributed by atoms with Gasteiger partial charge in [0.2, 0.25) is 5.91 Å². The molecule has 10 heteroatoms. The number of carbonyl (C=O) groups is 2. The lowest BCUT2D eigenvalue weighted by atomic mass is 9.69. The van der Waals surface area contributed by atoms with Gasteiger partial charge in [0.05, 0.1) is 22.9 Å². The number of rotatable bonds is 4. The fourth-order valence-electron chi connectivity index (χ4n) is 5.09. The zero-order chi connectivity index (χ0) is 27.2. The molecule has 1 aliphatic heterocycles. The molecule has 0 saturated carbocycles. The summed E-state index contributed by atoms with van der Waals surface area (Å²) in [5.41, 5.74) is -1.19. The molecule has 2 aliphatic rings. The van der Waals surface area contributed by atoms with Crippen molar-refractivity contribution in [1.29, 1.82) is 0 Å². The van der Waals surface area contributed by atoms with E-state index in [9.17, 15) is 27.2 Å². The van der Waals surface area contributed by atoms with Gasteiger partial charge in [-0.15, -0.1) is 0 Å². The second-order valence-electron chi connectivity index (χ2n) is 9.68. The van der Waals surface area contributed by atoms with Gasteiger partial charge in [0.15, 0.2) is 5.69 Å². The molecule has 1 fully saturated rings. The standard InChI is InChI=1S/C28H22F4N4O2/c1-27(2)23-20(6-3-7-22(23)36(26(27)38)19-5-4-12-33-15-19)16-13-21(24(34-14-16)28(30,31)32)25(37)35-18-10-8-17(29)9-11-18/h3-15,20,23H,1-2H3,(H,35,37). The molecule has 2 aromatic heterocycles. The number of benzene rings is 1. The van der Waals surface area contributed by atoms with Gasteiger partial charge in [-0.25, -0.2) is 4.39 Å². The molecule has 1 aliphatic carbocycles. The van der Waals surface area contributed by atoms with Crippen molar-refractivity contribution < 1.29 is 27.2 Å². The van der Waals surface area contributed by atoms with E-state index < -0.39 is 46.4 Å². The molecule has 0 bridgehead atoms. The maximum atomic E-state index is 13.8. The third-order valence-electron chi connectivity index (χ3n) is 6.87. The highest BCUT2D eigenvalue weighted by Gasteiger charge is 2.54. The fourth-order valence-corrected chi connectivity index (χ4v) is 5.09. The first kappa shape index (κ1) is 25.3. The summed E-state index contributed by atoms with van der Waals surface area (Å²) in [5, 5.41) is 2.38. The number of hydrogen-bond acceptors (Lipinski definition) is 4. The van der Waals surface area contributed by atoms with Crippen LogP contribution in [0.4, 0.5) is 28.9 Å². The molecular formula is C28H22F4N4O2. The molecule has 1 N–H and O–H groups in total. The van der Waals surface area contributed by atoms with E-state index in [1.54, 1.807) is 61.5 Å². The van der Waals surface area contributed by atoms with Crippen molar-refractivity contribution in [2.45, 2.75) is 25.9 Å². The summed E-state index contributed by atoms with van der Waals surface area (Å²) >= 11 is 0. The van der Waals surface area contributed by atoms with Gasteiger partial charge in [-0.3, -0.25) is 24.5 Å². The highest BCUT2D eigenvalue weighted by atomic mass is 19.4. The van der Waals surface area contributed by atoms with Crippen molar-refractivity contribution in [1.82, 2.24) is 9.97 Å². The summed E-state index contributed by atoms with van der Waals surface area (Å²) in [5.74, 6) is -2.74. The number of nitrogens with zero attached hydrogens (tertiary/aromatic N) is 3. The number of nitrogens with one attached hydrogen (secondary N) is 1. The summed E-state index contributed by atoms with van der Waals surface area (Å²) in [4.78, 5) is 35.9. The molecule has 6 nitrogen and oxygen atoms in total. The van der Waals surface area contributed by atoms with Crippen LogP contribution in [0.5, 0.6) is 0 Å². The molecule has 5 rings (SSSR count). The smallest absolute Gasteiger partial charge is 0.322 e. The number of anilines is 2. The molecule has 1 aromatic carbocycles. The Kier molecular flexibility index (Phi) is 6.13. The maximum absolute atomic E-state index is 13.8. The number of hydrogen-bond donors (Lipinski definition) is 1. The van der Waals surface area contributed by atoms with Crippen molar-refractivity contribution in [3.05, 3.63) is 108 Å². The molecule has 0 radical (unpaired) electrons. The highest BCUT2D eigenvalue weighted by Crippen LogP contribution is 2.54. The van der Waals surface area contributed by atoms with Crippen LogP contribution in [-0.4, -0.2) is 21.8 Å². The van der Waals surface area contributed by atoms with E-state index in [0.717, 1.165) is 18.3 Å². The fraction of sp³-hybridized carbons (Fsp3) is 0.214. The van der Waals surface area contributed by atoms with Gasteiger partial charge in [0, 0.05) is 35.6 Å². The van der Waals surface area contributed by atoms with Crippen molar-refractivity contribution in [2.24, 2.45) is 11.3 Å². The zero-order valence-corrected chi connectivity index (χ0v) is 20.3. The minimum absolute atomic E-state index is 0.132. The molecule has 2 unspecified atom stereocenters. The Balaban J connectivity index is 1.55. The first-order valence-corrected chi connectivity index (χ1v) is 11.8. The molecule has 38 heavy (non-hydrogen) atoms. The number of amides is 2. The Bertz CT molecular complexity index is 1460. The molecule has 3 heterocycles. The van der Waals surface area contributed by atoms with E-state index in [-0.39, 0.29) is 11.6 Å². The Morgan fingerprint density at radius 3 is 2.50 bits per heavy atom. The Morgan fingerprint density at radius 2 is 1.84 bits per heavy atom. The summed E-state index contributed by atoms with van der Waals surface area (Å²) in [7, 11) is 0. The Morgan fingerprint density at radius 1 is 1.11 bits per heavy atom. The molecule has 0 spiro atoms. The lowest BCUT2D eigenvalue weighted by Crippen LogP contribution is -2.33. The highest BCUT2D eigenvalue weighted by molar-refractivity contribution is 6.06. The van der Waals surface area contributed by atoms with Crippen LogP contribution < -0.4 is 10.2 Å². The molecule has 2 amide bonds. The molecule has 194 valence electrons. The number of alkyl halides is 3. The van der Waals surface area contributed by atoms with E-state index in [2.05, 4.69) is 15.3 Å². The number of carbonyl (C=O) groups excluding carboxylic acids is 2. The van der Waals surface area contributed by atoms with Crippen LogP contribution in [0.2, 0.25) is 0 Å². The van der Waals surface area contributed by atoms with Gasteiger partial charge >= 0.3 is 6.18 Å². The zero-order valence-electron chi connectivity index (χ0n) is 20.3. The van der Waals surface area contributed by atoms with Crippen molar-refractivity contribution >= 4 is 23.2 Å². The van der Waals surface area contributed by atoms with Crippen LogP contribution in [0, 0.1) is 17.2 Å². The average molecular weight is 523 g/mol. The minimum Gasteiger partial charge on any atom is -0.322 e. The van der Waals surface area contributed by atoms with E-state index in [4.69, 9.17) is 0 Å². The molecule has 3 aromatic rings.